The fraction of sp³-hybridized carbons (Fsp3) is 0.0476. The summed E-state index contributed by atoms with van der Waals surface area (Å²) in [6.07, 6.45) is 1.49. The number of ether oxygens (including phenoxy) is 1. The summed E-state index contributed by atoms with van der Waals surface area (Å²) in [7, 11) is 0. The molecule has 2 N–H and O–H groups in total. The second kappa shape index (κ2) is 9.26. The summed E-state index contributed by atoms with van der Waals surface area (Å²) in [6, 6.07) is 18.7. The van der Waals surface area contributed by atoms with Gasteiger partial charge in [0.05, 0.1) is 11.8 Å². The highest BCUT2D eigenvalue weighted by molar-refractivity contribution is 6.35. The van der Waals surface area contributed by atoms with E-state index >= 15 is 0 Å². The summed E-state index contributed by atoms with van der Waals surface area (Å²) in [5, 5.41) is 14.7. The van der Waals surface area contributed by atoms with Crippen LogP contribution in [0.1, 0.15) is 21.5 Å². The summed E-state index contributed by atoms with van der Waals surface area (Å²) in [4.78, 5) is 12.0. The van der Waals surface area contributed by atoms with Crippen molar-refractivity contribution in [2.24, 2.45) is 5.10 Å². The molecule has 0 bridgehead atoms. The van der Waals surface area contributed by atoms with E-state index in [-0.39, 0.29) is 11.3 Å². The summed E-state index contributed by atoms with van der Waals surface area (Å²) in [5.74, 6) is 0.0209. The molecule has 0 aliphatic carbocycles. The van der Waals surface area contributed by atoms with Gasteiger partial charge < -0.3 is 9.84 Å². The number of para-hydroxylation sites is 1. The Bertz CT molecular complexity index is 1020. The molecule has 0 unspecified atom stereocenters. The molecule has 0 fully saturated rings. The normalized spacial score (nSPS) is 10.8. The standard InChI is InChI=1S/C21H16Cl2N2O3/c22-16-9-8-15(19(23)11-16)13-28-17-5-3-4-14(10-17)12-24-25-21(27)18-6-1-2-7-20(18)26/h1-12,26H,13H2,(H,25,27)/b24-12-. The minimum absolute atomic E-state index is 0.105. The first-order valence-electron chi connectivity index (χ1n) is 8.31. The fourth-order valence-electron chi connectivity index (χ4n) is 2.38. The molecule has 1 amide bonds. The Morgan fingerprint density at radius 1 is 1.07 bits per heavy atom. The van der Waals surface area contributed by atoms with Crippen LogP contribution in [0.2, 0.25) is 10.0 Å². The quantitative estimate of drug-likeness (QED) is 0.438. The number of hydrazone groups is 1. The van der Waals surface area contributed by atoms with Crippen LogP contribution in [0, 0.1) is 0 Å². The largest absolute Gasteiger partial charge is 0.507 e. The van der Waals surface area contributed by atoms with Crippen molar-refractivity contribution in [3.63, 3.8) is 0 Å². The number of amides is 1. The number of hydrogen-bond donors (Lipinski definition) is 2. The molecule has 142 valence electrons. The number of carbonyl (C=O) groups is 1. The first-order valence-corrected chi connectivity index (χ1v) is 9.07. The second-order valence-corrected chi connectivity index (χ2v) is 6.66. The van der Waals surface area contributed by atoms with E-state index in [0.717, 1.165) is 11.1 Å². The maximum atomic E-state index is 12.0. The number of carbonyl (C=O) groups excluding carboxylic acids is 1. The van der Waals surface area contributed by atoms with Gasteiger partial charge in [0.1, 0.15) is 18.1 Å². The Labute approximate surface area is 172 Å². The smallest absolute Gasteiger partial charge is 0.275 e. The van der Waals surface area contributed by atoms with Gasteiger partial charge in [-0.05, 0) is 42.0 Å². The number of nitrogens with zero attached hydrogens (tertiary/aromatic N) is 1. The van der Waals surface area contributed by atoms with Crippen LogP contribution in [0.3, 0.4) is 0 Å². The lowest BCUT2D eigenvalue weighted by Gasteiger charge is -2.08. The van der Waals surface area contributed by atoms with Gasteiger partial charge in [0, 0.05) is 15.6 Å². The lowest BCUT2D eigenvalue weighted by atomic mass is 10.2. The molecule has 28 heavy (non-hydrogen) atoms. The number of phenolic OH excluding ortho intramolecular Hbond substituents is 1. The number of phenols is 1. The summed E-state index contributed by atoms with van der Waals surface area (Å²) in [6.45, 7) is 0.292. The molecule has 5 nitrogen and oxygen atoms in total. The topological polar surface area (TPSA) is 70.9 Å². The minimum Gasteiger partial charge on any atom is -0.507 e. The van der Waals surface area contributed by atoms with Crippen LogP contribution in [-0.2, 0) is 6.61 Å². The van der Waals surface area contributed by atoms with Gasteiger partial charge in [0.15, 0.2) is 0 Å². The maximum absolute atomic E-state index is 12.0. The van der Waals surface area contributed by atoms with Gasteiger partial charge in [-0.3, -0.25) is 4.79 Å². The highest BCUT2D eigenvalue weighted by atomic mass is 35.5. The van der Waals surface area contributed by atoms with E-state index in [1.54, 1.807) is 30.3 Å². The predicted molar refractivity (Wildman–Crippen MR) is 110 cm³/mol. The maximum Gasteiger partial charge on any atom is 0.275 e. The number of aromatic hydroxyl groups is 1. The van der Waals surface area contributed by atoms with Crippen molar-refractivity contribution in [1.29, 1.82) is 0 Å². The Hall–Kier alpha value is -3.02. The zero-order chi connectivity index (χ0) is 19.9. The number of rotatable bonds is 6. The third-order valence-electron chi connectivity index (χ3n) is 3.80. The molecular formula is C21H16Cl2N2O3. The van der Waals surface area contributed by atoms with Crippen molar-refractivity contribution in [3.05, 3.63) is 93.5 Å². The monoisotopic (exact) mass is 414 g/mol. The van der Waals surface area contributed by atoms with Gasteiger partial charge in [-0.1, -0.05) is 53.5 Å². The Kier molecular flexibility index (Phi) is 6.53. The molecule has 3 rings (SSSR count). The molecule has 0 radical (unpaired) electrons. The average Bonchev–Trinajstić information content (AvgIpc) is 2.68. The molecule has 3 aromatic rings. The zero-order valence-electron chi connectivity index (χ0n) is 14.6. The van der Waals surface area contributed by atoms with Crippen molar-refractivity contribution in [3.8, 4) is 11.5 Å². The van der Waals surface area contributed by atoms with Crippen LogP contribution in [0.4, 0.5) is 0 Å². The third kappa shape index (κ3) is 5.25. The average molecular weight is 415 g/mol. The van der Waals surface area contributed by atoms with Crippen LogP contribution >= 0.6 is 23.2 Å². The van der Waals surface area contributed by atoms with E-state index in [1.165, 1.54) is 18.3 Å². The van der Waals surface area contributed by atoms with Gasteiger partial charge in [0.2, 0.25) is 0 Å². The summed E-state index contributed by atoms with van der Waals surface area (Å²) >= 11 is 12.0. The van der Waals surface area contributed by atoms with E-state index in [4.69, 9.17) is 27.9 Å². The molecular weight excluding hydrogens is 399 g/mol. The van der Waals surface area contributed by atoms with Crippen LogP contribution in [-0.4, -0.2) is 17.2 Å². The van der Waals surface area contributed by atoms with Gasteiger partial charge in [0.25, 0.3) is 5.91 Å². The van der Waals surface area contributed by atoms with Crippen molar-refractivity contribution < 1.29 is 14.6 Å². The highest BCUT2D eigenvalue weighted by Crippen LogP contribution is 2.23. The molecule has 0 heterocycles. The minimum atomic E-state index is -0.501. The van der Waals surface area contributed by atoms with Crippen LogP contribution in [0.25, 0.3) is 0 Å². The van der Waals surface area contributed by atoms with Gasteiger partial charge >= 0.3 is 0 Å². The molecule has 0 atom stereocenters. The first kappa shape index (κ1) is 19.7. The molecule has 0 saturated carbocycles. The van der Waals surface area contributed by atoms with Gasteiger partial charge in [-0.2, -0.15) is 5.10 Å². The van der Waals surface area contributed by atoms with E-state index in [2.05, 4.69) is 10.5 Å². The lowest BCUT2D eigenvalue weighted by molar-refractivity contribution is 0.0952. The number of halogens is 2. The SMILES string of the molecule is O=C(N/N=C\c1cccc(OCc2ccc(Cl)cc2Cl)c1)c1ccccc1O. The zero-order valence-corrected chi connectivity index (χ0v) is 16.1. The van der Waals surface area contributed by atoms with Crippen molar-refractivity contribution >= 4 is 35.3 Å². The first-order chi connectivity index (χ1) is 13.5. The second-order valence-electron chi connectivity index (χ2n) is 5.81. The van der Waals surface area contributed by atoms with Gasteiger partial charge in [-0.25, -0.2) is 5.43 Å². The van der Waals surface area contributed by atoms with Crippen LogP contribution < -0.4 is 10.2 Å². The van der Waals surface area contributed by atoms with Crippen molar-refractivity contribution in [2.75, 3.05) is 0 Å². The molecule has 3 aromatic carbocycles. The molecule has 0 aliphatic rings. The number of hydrogen-bond acceptors (Lipinski definition) is 4. The van der Waals surface area contributed by atoms with Crippen LogP contribution in [0.5, 0.6) is 11.5 Å². The molecule has 7 heteroatoms. The molecule has 0 aliphatic heterocycles. The van der Waals surface area contributed by atoms with Crippen LogP contribution in [0.15, 0.2) is 71.8 Å². The van der Waals surface area contributed by atoms with Gasteiger partial charge in [-0.15, -0.1) is 0 Å². The summed E-state index contributed by atoms with van der Waals surface area (Å²) in [5.41, 5.74) is 4.08. The van der Waals surface area contributed by atoms with E-state index in [1.807, 2.05) is 24.3 Å². The Morgan fingerprint density at radius 2 is 1.89 bits per heavy atom. The fourth-order valence-corrected chi connectivity index (χ4v) is 2.84. The van der Waals surface area contributed by atoms with Crippen molar-refractivity contribution in [1.82, 2.24) is 5.43 Å². The lowest BCUT2D eigenvalue weighted by Crippen LogP contribution is -2.17. The predicted octanol–water partition coefficient (Wildman–Crippen LogP) is 5.04. The molecule has 0 saturated heterocycles. The third-order valence-corrected chi connectivity index (χ3v) is 4.38. The molecule has 0 aromatic heterocycles. The molecule has 0 spiro atoms. The van der Waals surface area contributed by atoms with Crippen molar-refractivity contribution in [2.45, 2.75) is 6.61 Å². The Balaban J connectivity index is 1.60. The number of benzene rings is 3. The van der Waals surface area contributed by atoms with E-state index < -0.39 is 5.91 Å². The highest BCUT2D eigenvalue weighted by Gasteiger charge is 2.08. The Morgan fingerprint density at radius 3 is 2.68 bits per heavy atom. The number of nitrogens with one attached hydrogen (secondary N) is 1. The summed E-state index contributed by atoms with van der Waals surface area (Å²) < 4.78 is 5.76. The van der Waals surface area contributed by atoms with E-state index in [0.29, 0.717) is 22.4 Å². The van der Waals surface area contributed by atoms with E-state index in [9.17, 15) is 9.90 Å².